The van der Waals surface area contributed by atoms with Crippen LogP contribution in [0.5, 0.6) is 0 Å². The Morgan fingerprint density at radius 3 is 2.40 bits per heavy atom. The van der Waals surface area contributed by atoms with Crippen molar-refractivity contribution in [3.8, 4) is 0 Å². The highest BCUT2D eigenvalue weighted by atomic mass is 16.4. The Balaban J connectivity index is 1.33. The molecule has 3 fully saturated rings. The third-order valence-electron chi connectivity index (χ3n) is 11.1. The summed E-state index contributed by atoms with van der Waals surface area (Å²) in [4.78, 5) is 49.2. The topological polar surface area (TPSA) is 122 Å². The average molecular weight is 619 g/mol. The van der Waals surface area contributed by atoms with Gasteiger partial charge in [-0.25, -0.2) is 9.28 Å². The number of anilines is 2. The summed E-state index contributed by atoms with van der Waals surface area (Å²) in [5.74, 6) is 0. The van der Waals surface area contributed by atoms with Gasteiger partial charge in [0, 0.05) is 87.7 Å². The van der Waals surface area contributed by atoms with Crippen molar-refractivity contribution in [2.75, 3.05) is 70.5 Å². The quantitative estimate of drug-likeness (QED) is 0.245. The largest absolute Gasteiger partial charge is 0.515 e. The molecule has 4 heterocycles. The minimum absolute atomic E-state index is 0.0830. The molecule has 0 radical (unpaired) electrons. The van der Waals surface area contributed by atoms with Gasteiger partial charge < -0.3 is 30.8 Å². The van der Waals surface area contributed by atoms with Gasteiger partial charge in [0.2, 0.25) is 0 Å². The van der Waals surface area contributed by atoms with Gasteiger partial charge in [0.25, 0.3) is 0 Å². The number of carbonyl (C=O) groups excluding carboxylic acids is 2. The van der Waals surface area contributed by atoms with Gasteiger partial charge in [-0.2, -0.15) is 4.79 Å². The summed E-state index contributed by atoms with van der Waals surface area (Å²) in [5.41, 5.74) is 8.38. The molecule has 2 aromatic rings. The summed E-state index contributed by atoms with van der Waals surface area (Å²) < 4.78 is -0.263. The van der Waals surface area contributed by atoms with E-state index in [9.17, 15) is 19.5 Å². The van der Waals surface area contributed by atoms with Crippen molar-refractivity contribution in [1.29, 1.82) is 0 Å². The number of fused-ring (bicyclic) bond motifs is 1. The zero-order valence-corrected chi connectivity index (χ0v) is 26.4. The van der Waals surface area contributed by atoms with Gasteiger partial charge in [-0.05, 0) is 50.1 Å². The predicted molar refractivity (Wildman–Crippen MR) is 174 cm³/mol. The monoisotopic (exact) mass is 618 g/mol. The fourth-order valence-electron chi connectivity index (χ4n) is 8.49. The number of amides is 3. The summed E-state index contributed by atoms with van der Waals surface area (Å²) in [7, 11) is 2.16. The zero-order chi connectivity index (χ0) is 31.6. The van der Waals surface area contributed by atoms with Crippen molar-refractivity contribution in [2.45, 2.75) is 62.8 Å². The van der Waals surface area contributed by atoms with Crippen molar-refractivity contribution in [1.82, 2.24) is 19.6 Å². The van der Waals surface area contributed by atoms with E-state index in [0.29, 0.717) is 57.2 Å². The van der Waals surface area contributed by atoms with Gasteiger partial charge in [0.05, 0.1) is 13.0 Å². The van der Waals surface area contributed by atoms with E-state index in [2.05, 4.69) is 27.1 Å². The van der Waals surface area contributed by atoms with Crippen molar-refractivity contribution in [3.05, 3.63) is 59.7 Å². The van der Waals surface area contributed by atoms with Crippen molar-refractivity contribution < 1.29 is 24.0 Å². The Bertz CT molecular complexity index is 1370. The SMILES string of the molecule is CN1CCN(C2CCN(C3(CC=O)CC(N4CCc5ccccc5NC4=O)CC[N@+]3(Cc3ccc(N)cc3)C(=O)O)CC2)CC1. The van der Waals surface area contributed by atoms with E-state index in [4.69, 9.17) is 5.73 Å². The number of carboxylic acid groups (broad SMARTS) is 1. The van der Waals surface area contributed by atoms with Crippen LogP contribution in [0.4, 0.5) is 21.0 Å². The molecule has 11 heteroatoms. The van der Waals surface area contributed by atoms with Gasteiger partial charge in [-0.1, -0.05) is 30.3 Å². The van der Waals surface area contributed by atoms with E-state index in [-0.39, 0.29) is 29.5 Å². The van der Waals surface area contributed by atoms with E-state index in [1.54, 1.807) is 0 Å². The van der Waals surface area contributed by atoms with Crippen LogP contribution in [-0.2, 0) is 17.8 Å². The second-order valence-corrected chi connectivity index (χ2v) is 13.5. The summed E-state index contributed by atoms with van der Waals surface area (Å²) in [6.45, 7) is 6.72. The van der Waals surface area contributed by atoms with E-state index >= 15 is 0 Å². The molecule has 242 valence electrons. The van der Waals surface area contributed by atoms with Crippen molar-refractivity contribution in [3.63, 3.8) is 0 Å². The molecule has 11 nitrogen and oxygen atoms in total. The molecule has 2 aromatic carbocycles. The number of nitrogens with zero attached hydrogens (tertiary/aromatic N) is 5. The van der Waals surface area contributed by atoms with Crippen LogP contribution >= 0.6 is 0 Å². The molecule has 0 spiro atoms. The molecule has 6 rings (SSSR count). The Labute approximate surface area is 266 Å². The first-order chi connectivity index (χ1) is 21.7. The smallest absolute Gasteiger partial charge is 0.435 e. The van der Waals surface area contributed by atoms with Crippen molar-refractivity contribution >= 4 is 29.8 Å². The van der Waals surface area contributed by atoms with Gasteiger partial charge in [-0.3, -0.25) is 9.80 Å². The number of benzene rings is 2. The molecular formula is C34H48N7O4+. The molecule has 0 aromatic heterocycles. The van der Waals surface area contributed by atoms with Gasteiger partial charge in [0.1, 0.15) is 12.8 Å². The molecule has 2 unspecified atom stereocenters. The Hall–Kier alpha value is -3.51. The number of likely N-dealkylation sites (N-methyl/N-ethyl adjacent to an activating group) is 1. The van der Waals surface area contributed by atoms with Gasteiger partial charge >= 0.3 is 12.1 Å². The number of piperazine rings is 1. The summed E-state index contributed by atoms with van der Waals surface area (Å²) in [5, 5.41) is 14.3. The molecule has 0 saturated carbocycles. The number of para-hydroxylation sites is 1. The number of hydrogen-bond donors (Lipinski definition) is 3. The lowest BCUT2D eigenvalue weighted by Crippen LogP contribution is -2.78. The van der Waals surface area contributed by atoms with E-state index in [1.807, 2.05) is 53.4 Å². The molecule has 4 aliphatic rings. The molecule has 45 heavy (non-hydrogen) atoms. The van der Waals surface area contributed by atoms with Crippen LogP contribution in [0.15, 0.2) is 48.5 Å². The van der Waals surface area contributed by atoms with Crippen LogP contribution in [0.25, 0.3) is 0 Å². The molecule has 0 aliphatic carbocycles. The van der Waals surface area contributed by atoms with E-state index in [0.717, 1.165) is 62.1 Å². The number of nitrogen functional groups attached to an aromatic ring is 1. The minimum atomic E-state index is -1.01. The van der Waals surface area contributed by atoms with Crippen molar-refractivity contribution in [2.24, 2.45) is 0 Å². The van der Waals surface area contributed by atoms with Crippen LogP contribution in [0, 0.1) is 0 Å². The molecular weight excluding hydrogens is 570 g/mol. The third kappa shape index (κ3) is 6.06. The van der Waals surface area contributed by atoms with E-state index in [1.165, 1.54) is 0 Å². The molecule has 4 aliphatic heterocycles. The fraction of sp³-hybridized carbons (Fsp3) is 0.559. The number of piperidine rings is 2. The molecule has 3 saturated heterocycles. The number of urea groups is 1. The Morgan fingerprint density at radius 2 is 1.71 bits per heavy atom. The van der Waals surface area contributed by atoms with E-state index < -0.39 is 11.8 Å². The molecule has 4 N–H and O–H groups in total. The normalized spacial score (nSPS) is 29.0. The summed E-state index contributed by atoms with van der Waals surface area (Å²) >= 11 is 0. The van der Waals surface area contributed by atoms with Crippen LogP contribution in [0.2, 0.25) is 0 Å². The zero-order valence-electron chi connectivity index (χ0n) is 26.4. The van der Waals surface area contributed by atoms with Gasteiger partial charge in [-0.15, -0.1) is 0 Å². The lowest BCUT2D eigenvalue weighted by Gasteiger charge is -2.59. The molecule has 0 bridgehead atoms. The number of carbonyl (C=O) groups is 3. The van der Waals surface area contributed by atoms with Crippen LogP contribution in [0.1, 0.15) is 43.2 Å². The third-order valence-corrected chi connectivity index (χ3v) is 11.1. The summed E-state index contributed by atoms with van der Waals surface area (Å²) in [6, 6.07) is 15.4. The Morgan fingerprint density at radius 1 is 1.00 bits per heavy atom. The molecule has 3 atom stereocenters. The first-order valence-electron chi connectivity index (χ1n) is 16.5. The predicted octanol–water partition coefficient (Wildman–Crippen LogP) is 3.51. The van der Waals surface area contributed by atoms with Crippen LogP contribution < -0.4 is 11.1 Å². The van der Waals surface area contributed by atoms with Crippen LogP contribution in [0.3, 0.4) is 0 Å². The first kappa shape index (κ1) is 31.5. The summed E-state index contributed by atoms with van der Waals surface area (Å²) in [6.07, 6.45) is 3.57. The maximum absolute atomic E-state index is 13.7. The number of rotatable bonds is 7. The van der Waals surface area contributed by atoms with Crippen LogP contribution in [-0.4, -0.2) is 125 Å². The fourth-order valence-corrected chi connectivity index (χ4v) is 8.49. The minimum Gasteiger partial charge on any atom is -0.435 e. The maximum atomic E-state index is 13.7. The maximum Gasteiger partial charge on any atom is 0.515 e. The number of nitrogens with one attached hydrogen (secondary N) is 1. The standard InChI is InChI=1S/C34H47N7O4/c1-37-18-20-38(21-19-37)29-11-15-39(16-12-29)34(14-23-42)24-30(40-17-10-27-4-2-3-5-31(27)36-32(40)43)13-22-41(34,33(44)45)25-26-6-8-28(35)9-7-26/h2-9,23,29-30H,10-22,24-25,35H2,1H3,(H-,36,43,44,45)/p+1/t30?,34?,41-/m0/s1. The second-order valence-electron chi connectivity index (χ2n) is 13.5. The first-order valence-corrected chi connectivity index (χ1v) is 16.5. The Kier molecular flexibility index (Phi) is 9.15. The second kappa shape index (κ2) is 13.1. The lowest BCUT2D eigenvalue weighted by molar-refractivity contribution is -0.942. The highest BCUT2D eigenvalue weighted by Crippen LogP contribution is 2.46. The van der Waals surface area contributed by atoms with Gasteiger partial charge in [0.15, 0.2) is 5.66 Å². The highest BCUT2D eigenvalue weighted by Gasteiger charge is 2.64. The number of likely N-dealkylation sites (tertiary alicyclic amines) is 2. The average Bonchev–Trinajstić information content (AvgIpc) is 3.21. The number of nitrogens with two attached hydrogens (primary N) is 1. The lowest BCUT2D eigenvalue weighted by atomic mass is 9.81. The highest BCUT2D eigenvalue weighted by molar-refractivity contribution is 5.91. The number of hydrogen-bond acceptors (Lipinski definition) is 7. The molecule has 3 amide bonds. The number of aldehydes is 1. The number of quaternary nitrogens is 1.